The van der Waals surface area contributed by atoms with E-state index in [2.05, 4.69) is 6.07 Å². The molecule has 142 valence electrons. The van der Waals surface area contributed by atoms with Gasteiger partial charge in [-0.05, 0) is 55.0 Å². The minimum Gasteiger partial charge on any atom is -0.460 e. The Bertz CT molecular complexity index is 1250. The van der Waals surface area contributed by atoms with Gasteiger partial charge < -0.3 is 4.42 Å². The van der Waals surface area contributed by atoms with E-state index in [-0.39, 0.29) is 0 Å². The van der Waals surface area contributed by atoms with Crippen LogP contribution in [0.5, 0.6) is 0 Å². The van der Waals surface area contributed by atoms with Crippen LogP contribution in [0.3, 0.4) is 0 Å². The van der Waals surface area contributed by atoms with Crippen LogP contribution >= 0.6 is 23.2 Å². The molecule has 4 aromatic rings. The highest BCUT2D eigenvalue weighted by Gasteiger charge is 2.15. The molecule has 0 spiro atoms. The van der Waals surface area contributed by atoms with Gasteiger partial charge in [0.05, 0.1) is 27.4 Å². The van der Waals surface area contributed by atoms with Gasteiger partial charge in [-0.3, -0.25) is 0 Å². The lowest BCUT2D eigenvalue weighted by atomic mass is 10.0. The van der Waals surface area contributed by atoms with E-state index < -0.39 is 0 Å². The van der Waals surface area contributed by atoms with Gasteiger partial charge in [0.2, 0.25) is 0 Å². The molecule has 2 aromatic carbocycles. The van der Waals surface area contributed by atoms with E-state index in [0.717, 1.165) is 17.0 Å². The lowest BCUT2D eigenvalue weighted by Crippen LogP contribution is -1.93. The van der Waals surface area contributed by atoms with Gasteiger partial charge in [0.25, 0.3) is 0 Å². The van der Waals surface area contributed by atoms with Crippen LogP contribution in [0.2, 0.25) is 10.0 Å². The van der Waals surface area contributed by atoms with Crippen LogP contribution in [0.15, 0.2) is 71.3 Å². The number of nitrogens with zero attached hydrogens (tertiary/aromatic N) is 3. The van der Waals surface area contributed by atoms with Crippen molar-refractivity contribution in [3.8, 4) is 23.2 Å². The molecule has 0 aliphatic rings. The Morgan fingerprint density at radius 2 is 1.86 bits per heavy atom. The maximum atomic E-state index is 9.75. The second-order valence-electron chi connectivity index (χ2n) is 6.42. The number of hydrogen-bond acceptors (Lipinski definition) is 3. The molecular weight excluding hydrogens is 405 g/mol. The molecule has 0 fully saturated rings. The zero-order valence-electron chi connectivity index (χ0n) is 15.4. The summed E-state index contributed by atoms with van der Waals surface area (Å²) in [6, 6.07) is 20.9. The molecule has 0 N–H and O–H groups in total. The van der Waals surface area contributed by atoms with E-state index >= 15 is 0 Å². The molecule has 0 bridgehead atoms. The first-order valence-electron chi connectivity index (χ1n) is 8.84. The number of rotatable bonds is 4. The highest BCUT2D eigenvalue weighted by molar-refractivity contribution is 6.42. The van der Waals surface area contributed by atoms with E-state index in [4.69, 9.17) is 32.7 Å². The van der Waals surface area contributed by atoms with E-state index in [0.29, 0.717) is 32.6 Å². The Morgan fingerprint density at radius 1 is 1.07 bits per heavy atom. The average molecular weight is 420 g/mol. The first kappa shape index (κ1) is 19.1. The van der Waals surface area contributed by atoms with Crippen molar-refractivity contribution in [2.24, 2.45) is 0 Å². The van der Waals surface area contributed by atoms with Crippen molar-refractivity contribution in [1.29, 1.82) is 5.26 Å². The van der Waals surface area contributed by atoms with Crippen molar-refractivity contribution in [2.75, 3.05) is 0 Å². The van der Waals surface area contributed by atoms with Crippen LogP contribution in [-0.2, 0) is 0 Å². The maximum absolute atomic E-state index is 9.75. The van der Waals surface area contributed by atoms with Crippen LogP contribution in [0.25, 0.3) is 28.8 Å². The number of allylic oxidation sites excluding steroid dienone is 1. The van der Waals surface area contributed by atoms with Crippen LogP contribution in [0, 0.1) is 18.3 Å². The summed E-state index contributed by atoms with van der Waals surface area (Å²) in [5.41, 5.74) is 3.43. The Balaban J connectivity index is 1.86. The number of halogens is 2. The largest absolute Gasteiger partial charge is 0.460 e. The second-order valence-corrected chi connectivity index (χ2v) is 7.24. The number of benzene rings is 2. The predicted molar refractivity (Wildman–Crippen MR) is 116 cm³/mol. The zero-order chi connectivity index (χ0) is 20.4. The van der Waals surface area contributed by atoms with Crippen molar-refractivity contribution in [3.05, 3.63) is 93.8 Å². The standard InChI is InChI=1S/C23H15Cl2N3O/c1-15-7-10-22(29-15)23-18(14-28(27-23)19-5-3-2-4-6-19)11-17(13-26)16-8-9-20(24)21(25)12-16/h2-12,14H,1H3/b17-11+. The van der Waals surface area contributed by atoms with Crippen molar-refractivity contribution in [2.45, 2.75) is 6.92 Å². The van der Waals surface area contributed by atoms with Crippen LogP contribution in [-0.4, -0.2) is 9.78 Å². The summed E-state index contributed by atoms with van der Waals surface area (Å²) < 4.78 is 7.56. The summed E-state index contributed by atoms with van der Waals surface area (Å²) in [4.78, 5) is 0. The summed E-state index contributed by atoms with van der Waals surface area (Å²) in [7, 11) is 0. The van der Waals surface area contributed by atoms with Crippen molar-refractivity contribution < 1.29 is 4.42 Å². The van der Waals surface area contributed by atoms with Gasteiger partial charge >= 0.3 is 0 Å². The molecule has 29 heavy (non-hydrogen) atoms. The Kier molecular flexibility index (Phi) is 5.26. The summed E-state index contributed by atoms with van der Waals surface area (Å²) in [6.45, 7) is 1.88. The molecule has 0 aliphatic carbocycles. The predicted octanol–water partition coefficient (Wildman–Crippen LogP) is 6.81. The average Bonchev–Trinajstić information content (AvgIpc) is 3.35. The van der Waals surface area contributed by atoms with Gasteiger partial charge in [-0.15, -0.1) is 0 Å². The highest BCUT2D eigenvalue weighted by Crippen LogP contribution is 2.31. The van der Waals surface area contributed by atoms with Crippen molar-refractivity contribution in [1.82, 2.24) is 9.78 Å². The van der Waals surface area contributed by atoms with E-state index in [9.17, 15) is 5.26 Å². The van der Waals surface area contributed by atoms with Crippen LogP contribution in [0.1, 0.15) is 16.9 Å². The summed E-state index contributed by atoms with van der Waals surface area (Å²) in [5, 5.41) is 15.3. The molecule has 0 saturated carbocycles. The number of para-hydroxylation sites is 1. The third-order valence-electron chi connectivity index (χ3n) is 4.39. The normalized spacial score (nSPS) is 11.4. The molecule has 0 atom stereocenters. The van der Waals surface area contributed by atoms with Gasteiger partial charge in [0.1, 0.15) is 11.5 Å². The molecule has 0 radical (unpaired) electrons. The zero-order valence-corrected chi connectivity index (χ0v) is 16.9. The fraction of sp³-hybridized carbons (Fsp3) is 0.0435. The first-order chi connectivity index (χ1) is 14.0. The monoisotopic (exact) mass is 419 g/mol. The van der Waals surface area contributed by atoms with Gasteiger partial charge in [-0.25, -0.2) is 4.68 Å². The Hall–Kier alpha value is -3.26. The van der Waals surface area contributed by atoms with Crippen molar-refractivity contribution >= 4 is 34.9 Å². The molecule has 2 aromatic heterocycles. The first-order valence-corrected chi connectivity index (χ1v) is 9.60. The number of nitriles is 1. The van der Waals surface area contributed by atoms with Crippen LogP contribution < -0.4 is 0 Å². The lowest BCUT2D eigenvalue weighted by molar-refractivity contribution is 0.545. The van der Waals surface area contributed by atoms with Gasteiger partial charge in [-0.1, -0.05) is 47.5 Å². The number of hydrogen-bond donors (Lipinski definition) is 0. The SMILES string of the molecule is Cc1ccc(-c2nn(-c3ccccc3)cc2/C=C(\C#N)c2ccc(Cl)c(Cl)c2)o1. The van der Waals surface area contributed by atoms with Crippen LogP contribution in [0.4, 0.5) is 0 Å². The minimum absolute atomic E-state index is 0.396. The fourth-order valence-corrected chi connectivity index (χ4v) is 3.26. The van der Waals surface area contributed by atoms with Crippen molar-refractivity contribution in [3.63, 3.8) is 0 Å². The third kappa shape index (κ3) is 3.97. The molecule has 2 heterocycles. The smallest absolute Gasteiger partial charge is 0.155 e. The van der Waals surface area contributed by atoms with Gasteiger partial charge in [0, 0.05) is 11.8 Å². The molecule has 6 heteroatoms. The number of aryl methyl sites for hydroxylation is 1. The topological polar surface area (TPSA) is 54.8 Å². The molecular formula is C23H15Cl2N3O. The molecule has 0 unspecified atom stereocenters. The second kappa shape index (κ2) is 8.00. The van der Waals surface area contributed by atoms with E-state index in [1.807, 2.05) is 55.6 Å². The molecule has 0 saturated heterocycles. The highest BCUT2D eigenvalue weighted by atomic mass is 35.5. The summed E-state index contributed by atoms with van der Waals surface area (Å²) >= 11 is 12.1. The third-order valence-corrected chi connectivity index (χ3v) is 5.13. The molecule has 0 aliphatic heterocycles. The van der Waals surface area contributed by atoms with Gasteiger partial charge in [0.15, 0.2) is 5.76 Å². The quantitative estimate of drug-likeness (QED) is 0.341. The van der Waals surface area contributed by atoms with E-state index in [1.54, 1.807) is 29.0 Å². The number of furan rings is 1. The molecule has 0 amide bonds. The molecule has 4 nitrogen and oxygen atoms in total. The Morgan fingerprint density at radius 3 is 2.52 bits per heavy atom. The van der Waals surface area contributed by atoms with E-state index in [1.165, 1.54) is 0 Å². The number of aromatic nitrogens is 2. The summed E-state index contributed by atoms with van der Waals surface area (Å²) in [6.07, 6.45) is 3.65. The Labute approximate surface area is 178 Å². The minimum atomic E-state index is 0.396. The summed E-state index contributed by atoms with van der Waals surface area (Å²) in [5.74, 6) is 1.42. The molecule has 4 rings (SSSR count). The van der Waals surface area contributed by atoms with Gasteiger partial charge in [-0.2, -0.15) is 10.4 Å². The lowest BCUT2D eigenvalue weighted by Gasteiger charge is -2.02. The maximum Gasteiger partial charge on any atom is 0.155 e. The fourth-order valence-electron chi connectivity index (χ4n) is 2.96.